The van der Waals surface area contributed by atoms with Crippen LogP contribution in [0.25, 0.3) is 5.57 Å². The highest BCUT2D eigenvalue weighted by molar-refractivity contribution is 6.31. The number of amides is 1. The first kappa shape index (κ1) is 17.4. The van der Waals surface area contributed by atoms with E-state index in [2.05, 4.69) is 0 Å². The summed E-state index contributed by atoms with van der Waals surface area (Å²) in [6.07, 6.45) is 1.57. The maximum absolute atomic E-state index is 13.6. The lowest BCUT2D eigenvalue weighted by atomic mass is 9.95. The maximum Gasteiger partial charge on any atom is 0.283 e. The minimum Gasteiger partial charge on any atom is -0.497 e. The topological polar surface area (TPSA) is 41.9 Å². The van der Waals surface area contributed by atoms with Crippen LogP contribution in [0, 0.1) is 0 Å². The van der Waals surface area contributed by atoms with Crippen molar-refractivity contribution < 1.29 is 9.53 Å². The van der Waals surface area contributed by atoms with E-state index < -0.39 is 0 Å². The highest BCUT2D eigenvalue weighted by Gasteiger charge is 2.37. The summed E-state index contributed by atoms with van der Waals surface area (Å²) in [4.78, 5) is 20.2. The number of aryl methyl sites for hydroxylation is 1. The number of methoxy groups -OCH3 is 1. The van der Waals surface area contributed by atoms with E-state index in [1.807, 2.05) is 78.9 Å². The Balaban J connectivity index is 1.68. The van der Waals surface area contributed by atoms with Gasteiger partial charge in [0.2, 0.25) is 0 Å². The lowest BCUT2D eigenvalue weighted by Crippen LogP contribution is -2.36. The van der Waals surface area contributed by atoms with Gasteiger partial charge in [0, 0.05) is 12.0 Å². The Morgan fingerprint density at radius 3 is 2.17 bits per heavy atom. The molecule has 1 amide bonds. The van der Waals surface area contributed by atoms with Crippen LogP contribution in [0.5, 0.6) is 5.75 Å². The van der Waals surface area contributed by atoms with E-state index in [0.29, 0.717) is 5.70 Å². The molecule has 3 aromatic carbocycles. The SMILES string of the molecule is COc1ccc2c(c1)CCC1=NC(=C(c3ccccc3)c3ccccc3)C(=O)N12. The molecule has 0 bridgehead atoms. The van der Waals surface area contributed by atoms with Gasteiger partial charge in [-0.1, -0.05) is 60.7 Å². The van der Waals surface area contributed by atoms with Crippen LogP contribution in [0.2, 0.25) is 0 Å². The second kappa shape index (κ2) is 7.06. The molecule has 4 heteroatoms. The first-order chi connectivity index (χ1) is 14.3. The molecule has 4 nitrogen and oxygen atoms in total. The maximum atomic E-state index is 13.6. The van der Waals surface area contributed by atoms with Crippen molar-refractivity contribution in [1.82, 2.24) is 0 Å². The van der Waals surface area contributed by atoms with Crippen molar-refractivity contribution in [3.8, 4) is 5.75 Å². The zero-order valence-corrected chi connectivity index (χ0v) is 16.1. The molecular formula is C25H20N2O2. The number of rotatable bonds is 3. The largest absolute Gasteiger partial charge is 0.497 e. The summed E-state index contributed by atoms with van der Waals surface area (Å²) in [5.41, 5.74) is 5.35. The van der Waals surface area contributed by atoms with E-state index >= 15 is 0 Å². The van der Waals surface area contributed by atoms with Crippen LogP contribution in [0.4, 0.5) is 5.69 Å². The number of hydrogen-bond acceptors (Lipinski definition) is 3. The number of ether oxygens (including phenoxy) is 1. The van der Waals surface area contributed by atoms with Crippen LogP contribution in [0.1, 0.15) is 23.1 Å². The van der Waals surface area contributed by atoms with Crippen molar-refractivity contribution in [1.29, 1.82) is 0 Å². The van der Waals surface area contributed by atoms with E-state index in [0.717, 1.165) is 52.4 Å². The number of benzene rings is 3. The van der Waals surface area contributed by atoms with Crippen molar-refractivity contribution in [2.45, 2.75) is 12.8 Å². The normalized spacial score (nSPS) is 14.9. The average Bonchev–Trinajstić information content (AvgIpc) is 3.11. The van der Waals surface area contributed by atoms with Crippen molar-refractivity contribution in [2.75, 3.05) is 12.0 Å². The fraction of sp³-hybridized carbons (Fsp3) is 0.120. The number of anilines is 1. The molecule has 3 aromatic rings. The number of hydrogen-bond donors (Lipinski definition) is 0. The molecule has 0 saturated carbocycles. The summed E-state index contributed by atoms with van der Waals surface area (Å²) in [5, 5.41) is 0. The van der Waals surface area contributed by atoms with E-state index in [1.54, 1.807) is 12.0 Å². The van der Waals surface area contributed by atoms with E-state index in [4.69, 9.17) is 9.73 Å². The molecule has 0 fully saturated rings. The van der Waals surface area contributed by atoms with Gasteiger partial charge in [0.25, 0.3) is 5.91 Å². The molecule has 5 rings (SSSR count). The molecule has 0 spiro atoms. The fourth-order valence-electron chi connectivity index (χ4n) is 4.03. The lowest BCUT2D eigenvalue weighted by Gasteiger charge is -2.26. The monoisotopic (exact) mass is 380 g/mol. The molecule has 0 unspecified atom stereocenters. The fourth-order valence-corrected chi connectivity index (χ4v) is 4.03. The third-order valence-corrected chi connectivity index (χ3v) is 5.41. The third-order valence-electron chi connectivity index (χ3n) is 5.41. The molecule has 2 aliphatic heterocycles. The number of aliphatic imine (C=N–C) groups is 1. The Morgan fingerprint density at radius 1 is 0.897 bits per heavy atom. The number of amidine groups is 1. The van der Waals surface area contributed by atoms with Gasteiger partial charge >= 0.3 is 0 Å². The predicted octanol–water partition coefficient (Wildman–Crippen LogP) is 4.85. The molecule has 0 atom stereocenters. The van der Waals surface area contributed by atoms with Gasteiger partial charge in [0.15, 0.2) is 0 Å². The summed E-state index contributed by atoms with van der Waals surface area (Å²) < 4.78 is 5.35. The van der Waals surface area contributed by atoms with Gasteiger partial charge in [-0.15, -0.1) is 0 Å². The molecule has 0 aliphatic carbocycles. The highest BCUT2D eigenvalue weighted by Crippen LogP contribution is 2.38. The van der Waals surface area contributed by atoms with Crippen LogP contribution < -0.4 is 9.64 Å². The number of carbonyl (C=O) groups excluding carboxylic acids is 1. The summed E-state index contributed by atoms with van der Waals surface area (Å²) in [7, 11) is 1.66. The van der Waals surface area contributed by atoms with Crippen molar-refractivity contribution in [3.63, 3.8) is 0 Å². The summed E-state index contributed by atoms with van der Waals surface area (Å²) in [6, 6.07) is 25.9. The average molecular weight is 380 g/mol. The molecule has 0 radical (unpaired) electrons. The van der Waals surface area contributed by atoms with Crippen LogP contribution in [0.3, 0.4) is 0 Å². The summed E-state index contributed by atoms with van der Waals surface area (Å²) >= 11 is 0. The smallest absolute Gasteiger partial charge is 0.283 e. The minimum atomic E-state index is -0.0752. The lowest BCUT2D eigenvalue weighted by molar-refractivity contribution is -0.113. The van der Waals surface area contributed by atoms with Gasteiger partial charge in [0.05, 0.1) is 12.8 Å². The van der Waals surface area contributed by atoms with Gasteiger partial charge in [-0.05, 0) is 41.3 Å². The van der Waals surface area contributed by atoms with Crippen LogP contribution in [-0.2, 0) is 11.2 Å². The van der Waals surface area contributed by atoms with Crippen LogP contribution in [-0.4, -0.2) is 18.9 Å². The summed E-state index contributed by atoms with van der Waals surface area (Å²) in [5.74, 6) is 1.54. The number of nitrogens with zero attached hydrogens (tertiary/aromatic N) is 2. The standard InChI is InChI=1S/C25H20N2O2/c1-29-20-13-14-21-19(16-20)12-15-22-26-24(25(28)27(21)22)23(17-8-4-2-5-9-17)18-10-6-3-7-11-18/h2-11,13-14,16H,12,15H2,1H3. The Morgan fingerprint density at radius 2 is 1.55 bits per heavy atom. The van der Waals surface area contributed by atoms with Crippen molar-refractivity contribution in [3.05, 3.63) is 101 Å². The van der Waals surface area contributed by atoms with Gasteiger partial charge in [-0.2, -0.15) is 0 Å². The van der Waals surface area contributed by atoms with Crippen molar-refractivity contribution in [2.24, 2.45) is 4.99 Å². The van der Waals surface area contributed by atoms with Crippen molar-refractivity contribution >= 4 is 23.0 Å². The zero-order chi connectivity index (χ0) is 19.8. The minimum absolute atomic E-state index is 0.0752. The molecule has 2 aliphatic rings. The van der Waals surface area contributed by atoms with Gasteiger partial charge in [0.1, 0.15) is 17.3 Å². The second-order valence-corrected chi connectivity index (χ2v) is 7.12. The summed E-state index contributed by atoms with van der Waals surface area (Å²) in [6.45, 7) is 0. The molecule has 2 heterocycles. The molecule has 0 aromatic heterocycles. The second-order valence-electron chi connectivity index (χ2n) is 7.12. The Bertz CT molecular complexity index is 1110. The highest BCUT2D eigenvalue weighted by atomic mass is 16.5. The van der Waals surface area contributed by atoms with E-state index in [1.165, 1.54) is 0 Å². The quantitative estimate of drug-likeness (QED) is 0.610. The first-order valence-corrected chi connectivity index (χ1v) is 9.70. The van der Waals surface area contributed by atoms with Crippen LogP contribution in [0.15, 0.2) is 89.6 Å². The van der Waals surface area contributed by atoms with Gasteiger partial charge in [-0.25, -0.2) is 4.99 Å². The van der Waals surface area contributed by atoms with Crippen LogP contribution >= 0.6 is 0 Å². The third kappa shape index (κ3) is 2.93. The van der Waals surface area contributed by atoms with Gasteiger partial charge in [-0.3, -0.25) is 9.69 Å². The predicted molar refractivity (Wildman–Crippen MR) is 115 cm³/mol. The Hall–Kier alpha value is -3.66. The van der Waals surface area contributed by atoms with E-state index in [-0.39, 0.29) is 5.91 Å². The van der Waals surface area contributed by atoms with E-state index in [9.17, 15) is 4.79 Å². The molecule has 0 saturated heterocycles. The molecular weight excluding hydrogens is 360 g/mol. The van der Waals surface area contributed by atoms with Gasteiger partial charge < -0.3 is 4.74 Å². The first-order valence-electron chi connectivity index (χ1n) is 9.70. The number of carbonyl (C=O) groups is 1. The Kier molecular flexibility index (Phi) is 4.24. The Labute approximate surface area is 169 Å². The number of fused-ring (bicyclic) bond motifs is 3. The molecule has 29 heavy (non-hydrogen) atoms. The zero-order valence-electron chi connectivity index (χ0n) is 16.1. The molecule has 0 N–H and O–H groups in total. The molecule has 142 valence electrons.